The second kappa shape index (κ2) is 7.50. The quantitative estimate of drug-likeness (QED) is 0.427. The van der Waals surface area contributed by atoms with Crippen molar-refractivity contribution in [3.8, 4) is 0 Å². The van der Waals surface area contributed by atoms with Crippen molar-refractivity contribution in [3.05, 3.63) is 75.5 Å². The van der Waals surface area contributed by atoms with Crippen LogP contribution >= 0.6 is 0 Å². The highest BCUT2D eigenvalue weighted by Gasteiger charge is 2.42. The standard InChI is InChI=1S/C22H21N3O4/c1-2-3-13-24-21(26)19(16-8-10-17(11-9-16)25(28)29)20(22(24)27)23-14-12-15-6-4-5-7-18(15)23/h4-11H,2-3,12-14H2,1H3. The molecule has 2 amide bonds. The van der Waals surface area contributed by atoms with Crippen molar-refractivity contribution in [3.63, 3.8) is 0 Å². The van der Waals surface area contributed by atoms with E-state index in [-0.39, 0.29) is 17.5 Å². The number of unbranched alkanes of at least 4 members (excludes halogenated alkanes) is 1. The first-order valence-electron chi connectivity index (χ1n) is 9.73. The zero-order chi connectivity index (χ0) is 20.5. The molecule has 0 unspecified atom stereocenters. The predicted octanol–water partition coefficient (Wildman–Crippen LogP) is 3.54. The molecule has 0 N–H and O–H groups in total. The molecule has 7 heteroatoms. The van der Waals surface area contributed by atoms with Gasteiger partial charge in [0.2, 0.25) is 0 Å². The highest BCUT2D eigenvalue weighted by molar-refractivity contribution is 6.36. The average molecular weight is 391 g/mol. The van der Waals surface area contributed by atoms with Crippen molar-refractivity contribution in [2.75, 3.05) is 18.0 Å². The lowest BCUT2D eigenvalue weighted by Crippen LogP contribution is -2.35. The molecule has 0 aliphatic carbocycles. The van der Waals surface area contributed by atoms with Crippen LogP contribution in [0.3, 0.4) is 0 Å². The van der Waals surface area contributed by atoms with Gasteiger partial charge in [-0.1, -0.05) is 31.5 Å². The van der Waals surface area contributed by atoms with Crippen LogP contribution in [0.1, 0.15) is 30.9 Å². The fraction of sp³-hybridized carbons (Fsp3) is 0.273. The van der Waals surface area contributed by atoms with Crippen LogP contribution in [0.4, 0.5) is 11.4 Å². The van der Waals surface area contributed by atoms with Gasteiger partial charge >= 0.3 is 0 Å². The topological polar surface area (TPSA) is 83.8 Å². The number of imide groups is 1. The fourth-order valence-electron chi connectivity index (χ4n) is 3.91. The maximum absolute atomic E-state index is 13.3. The third kappa shape index (κ3) is 3.18. The summed E-state index contributed by atoms with van der Waals surface area (Å²) in [5, 5.41) is 11.0. The lowest BCUT2D eigenvalue weighted by molar-refractivity contribution is -0.384. The Morgan fingerprint density at radius 3 is 2.45 bits per heavy atom. The maximum atomic E-state index is 13.3. The van der Waals surface area contributed by atoms with E-state index >= 15 is 0 Å². The molecule has 148 valence electrons. The summed E-state index contributed by atoms with van der Waals surface area (Å²) in [5.74, 6) is -0.634. The number of hydrogen-bond donors (Lipinski definition) is 0. The maximum Gasteiger partial charge on any atom is 0.278 e. The van der Waals surface area contributed by atoms with Crippen molar-refractivity contribution in [1.29, 1.82) is 0 Å². The van der Waals surface area contributed by atoms with E-state index in [1.807, 2.05) is 36.1 Å². The number of fused-ring (bicyclic) bond motifs is 1. The van der Waals surface area contributed by atoms with Crippen LogP contribution in [0, 0.1) is 10.1 Å². The largest absolute Gasteiger partial charge is 0.336 e. The van der Waals surface area contributed by atoms with Crippen molar-refractivity contribution in [2.24, 2.45) is 0 Å². The van der Waals surface area contributed by atoms with Crippen molar-refractivity contribution in [2.45, 2.75) is 26.2 Å². The van der Waals surface area contributed by atoms with Crippen LogP contribution in [0.15, 0.2) is 54.2 Å². The number of amides is 2. The van der Waals surface area contributed by atoms with Gasteiger partial charge in [-0.25, -0.2) is 0 Å². The molecule has 0 saturated carbocycles. The molecule has 29 heavy (non-hydrogen) atoms. The molecule has 2 heterocycles. The molecule has 2 aliphatic heterocycles. The number of anilines is 1. The van der Waals surface area contributed by atoms with Gasteiger partial charge < -0.3 is 4.90 Å². The summed E-state index contributed by atoms with van der Waals surface area (Å²) < 4.78 is 0. The van der Waals surface area contributed by atoms with E-state index in [0.29, 0.717) is 29.9 Å². The van der Waals surface area contributed by atoms with Crippen LogP contribution < -0.4 is 4.90 Å². The van der Waals surface area contributed by atoms with Gasteiger partial charge in [-0.3, -0.25) is 24.6 Å². The Kier molecular flexibility index (Phi) is 4.88. The number of nitro benzene ring substituents is 1. The summed E-state index contributed by atoms with van der Waals surface area (Å²) in [6.07, 6.45) is 2.39. The lowest BCUT2D eigenvalue weighted by Gasteiger charge is -2.21. The molecule has 0 radical (unpaired) electrons. The van der Waals surface area contributed by atoms with E-state index in [2.05, 4.69) is 0 Å². The fourth-order valence-corrected chi connectivity index (χ4v) is 3.91. The van der Waals surface area contributed by atoms with E-state index in [0.717, 1.165) is 30.5 Å². The first-order chi connectivity index (χ1) is 14.0. The van der Waals surface area contributed by atoms with Crippen molar-refractivity contribution in [1.82, 2.24) is 4.90 Å². The number of rotatable bonds is 6. The molecule has 2 aliphatic rings. The number of non-ortho nitro benzene ring substituents is 1. The van der Waals surface area contributed by atoms with Crippen LogP contribution in [0.2, 0.25) is 0 Å². The molecule has 0 atom stereocenters. The summed E-state index contributed by atoms with van der Waals surface area (Å²) in [5.41, 5.74) is 3.22. The van der Waals surface area contributed by atoms with E-state index in [4.69, 9.17) is 0 Å². The number of carbonyl (C=O) groups is 2. The highest BCUT2D eigenvalue weighted by atomic mass is 16.6. The van der Waals surface area contributed by atoms with Gasteiger partial charge in [0.05, 0.1) is 10.5 Å². The summed E-state index contributed by atoms with van der Waals surface area (Å²) in [7, 11) is 0. The molecule has 0 spiro atoms. The molecular formula is C22H21N3O4. The van der Waals surface area contributed by atoms with Gasteiger partial charge in [-0.2, -0.15) is 0 Å². The molecule has 0 fully saturated rings. The number of benzene rings is 2. The Morgan fingerprint density at radius 2 is 1.76 bits per heavy atom. The second-order valence-corrected chi connectivity index (χ2v) is 7.17. The second-order valence-electron chi connectivity index (χ2n) is 7.17. The molecule has 0 aromatic heterocycles. The van der Waals surface area contributed by atoms with Gasteiger partial charge in [0.15, 0.2) is 0 Å². The number of hydrogen-bond acceptors (Lipinski definition) is 5. The van der Waals surface area contributed by atoms with Crippen molar-refractivity contribution >= 4 is 28.8 Å². The summed E-state index contributed by atoms with van der Waals surface area (Å²) >= 11 is 0. The minimum absolute atomic E-state index is 0.0537. The van der Waals surface area contributed by atoms with Gasteiger partial charge in [0, 0.05) is 30.9 Å². The number of para-hydroxylation sites is 1. The Bertz CT molecular complexity index is 1030. The molecular weight excluding hydrogens is 370 g/mol. The summed E-state index contributed by atoms with van der Waals surface area (Å²) in [4.78, 5) is 40.2. The Balaban J connectivity index is 1.82. The summed E-state index contributed by atoms with van der Waals surface area (Å²) in [6, 6.07) is 13.7. The van der Waals surface area contributed by atoms with Crippen LogP contribution in [-0.2, 0) is 16.0 Å². The van der Waals surface area contributed by atoms with E-state index < -0.39 is 4.92 Å². The monoisotopic (exact) mass is 391 g/mol. The van der Waals surface area contributed by atoms with Gasteiger partial charge in [0.1, 0.15) is 5.70 Å². The molecule has 0 bridgehead atoms. The Hall–Kier alpha value is -3.48. The normalized spacial score (nSPS) is 16.0. The third-order valence-corrected chi connectivity index (χ3v) is 5.40. The van der Waals surface area contributed by atoms with Crippen LogP contribution in [0.5, 0.6) is 0 Å². The van der Waals surface area contributed by atoms with Crippen LogP contribution in [-0.4, -0.2) is 34.7 Å². The SMILES string of the molecule is CCCCN1C(=O)C(c2ccc([N+](=O)[O-])cc2)=C(N2CCc3ccccc32)C1=O. The summed E-state index contributed by atoms with van der Waals surface area (Å²) in [6.45, 7) is 2.99. The lowest BCUT2D eigenvalue weighted by atomic mass is 10.0. The third-order valence-electron chi connectivity index (χ3n) is 5.40. The number of nitrogens with zero attached hydrogens (tertiary/aromatic N) is 3. The minimum Gasteiger partial charge on any atom is -0.336 e. The highest BCUT2D eigenvalue weighted by Crippen LogP contribution is 2.38. The predicted molar refractivity (Wildman–Crippen MR) is 109 cm³/mol. The zero-order valence-corrected chi connectivity index (χ0v) is 16.1. The van der Waals surface area contributed by atoms with Gasteiger partial charge in [-0.15, -0.1) is 0 Å². The van der Waals surface area contributed by atoms with E-state index in [1.54, 1.807) is 12.1 Å². The minimum atomic E-state index is -0.481. The molecule has 7 nitrogen and oxygen atoms in total. The smallest absolute Gasteiger partial charge is 0.278 e. The Morgan fingerprint density at radius 1 is 1.03 bits per heavy atom. The van der Waals surface area contributed by atoms with Gasteiger partial charge in [0.25, 0.3) is 17.5 Å². The number of carbonyl (C=O) groups excluding carboxylic acids is 2. The zero-order valence-electron chi connectivity index (χ0n) is 16.1. The van der Waals surface area contributed by atoms with E-state index in [9.17, 15) is 19.7 Å². The van der Waals surface area contributed by atoms with Crippen molar-refractivity contribution < 1.29 is 14.5 Å². The number of nitro groups is 1. The Labute approximate surface area is 168 Å². The average Bonchev–Trinajstić information content (AvgIpc) is 3.25. The van der Waals surface area contributed by atoms with Crippen LogP contribution in [0.25, 0.3) is 5.57 Å². The molecule has 2 aromatic carbocycles. The molecule has 0 saturated heterocycles. The molecule has 2 aromatic rings. The first-order valence-corrected chi connectivity index (χ1v) is 9.73. The van der Waals surface area contributed by atoms with E-state index in [1.165, 1.54) is 17.0 Å². The molecule has 4 rings (SSSR count). The van der Waals surface area contributed by atoms with Gasteiger partial charge in [-0.05, 0) is 42.2 Å². The first kappa shape index (κ1) is 18.9.